The molecule has 0 radical (unpaired) electrons. The molecule has 1 aliphatic rings. The number of carbonyl (C=O) groups excluding carboxylic acids is 2. The number of hydrogen-bond donors (Lipinski definition) is 1. The molecule has 1 N–H and O–H groups in total. The molecule has 1 fully saturated rings. The van der Waals surface area contributed by atoms with Gasteiger partial charge in [-0.3, -0.25) is 9.59 Å². The van der Waals surface area contributed by atoms with Gasteiger partial charge in [0.05, 0.1) is 12.8 Å². The molecule has 1 saturated carbocycles. The van der Waals surface area contributed by atoms with E-state index in [1.807, 2.05) is 28.8 Å². The topological polar surface area (TPSA) is 99.2 Å². The molecule has 0 spiro atoms. The van der Waals surface area contributed by atoms with Gasteiger partial charge in [-0.2, -0.15) is 0 Å². The molecule has 0 saturated heterocycles. The third-order valence-electron chi connectivity index (χ3n) is 5.56. The maximum absolute atomic E-state index is 12.9. The van der Waals surface area contributed by atoms with E-state index in [1.165, 1.54) is 7.11 Å². The van der Waals surface area contributed by atoms with E-state index in [0.717, 1.165) is 23.7 Å². The predicted octanol–water partition coefficient (Wildman–Crippen LogP) is 4.24. The molecular weight excluding hydrogens is 408 g/mol. The lowest BCUT2D eigenvalue weighted by atomic mass is 10.1. The van der Waals surface area contributed by atoms with Crippen LogP contribution in [0.5, 0.6) is 5.75 Å². The van der Waals surface area contributed by atoms with Crippen LogP contribution in [0.1, 0.15) is 29.1 Å². The number of nitrogens with zero attached hydrogens (tertiary/aromatic N) is 3. The Morgan fingerprint density at radius 2 is 2.00 bits per heavy atom. The fourth-order valence-corrected chi connectivity index (χ4v) is 3.84. The van der Waals surface area contributed by atoms with Gasteiger partial charge in [0, 0.05) is 41.1 Å². The maximum atomic E-state index is 12.9. The van der Waals surface area contributed by atoms with Crippen molar-refractivity contribution in [2.24, 2.45) is 5.92 Å². The van der Waals surface area contributed by atoms with Crippen molar-refractivity contribution in [3.63, 3.8) is 0 Å². The zero-order valence-electron chi connectivity index (χ0n) is 17.8. The SMILES string of the molecule is COc1ccc(-c2nnc(C)o2)cc1NC(=O)Cn1cc(C(=O)C2CC2)c2ccccc21. The molecule has 32 heavy (non-hydrogen) atoms. The molecule has 2 aromatic carbocycles. The number of aromatic nitrogens is 3. The first-order valence-corrected chi connectivity index (χ1v) is 10.4. The molecule has 2 heterocycles. The average molecular weight is 430 g/mol. The molecule has 1 amide bonds. The minimum Gasteiger partial charge on any atom is -0.495 e. The number of anilines is 1. The van der Waals surface area contributed by atoms with Crippen LogP contribution in [0.15, 0.2) is 53.1 Å². The number of rotatable bonds is 7. The second kappa shape index (κ2) is 7.96. The van der Waals surface area contributed by atoms with Gasteiger partial charge in [-0.15, -0.1) is 10.2 Å². The monoisotopic (exact) mass is 430 g/mol. The van der Waals surface area contributed by atoms with Crippen LogP contribution in [0.2, 0.25) is 0 Å². The molecule has 162 valence electrons. The van der Waals surface area contributed by atoms with Crippen LogP contribution in [0.25, 0.3) is 22.4 Å². The van der Waals surface area contributed by atoms with E-state index in [1.54, 1.807) is 31.3 Å². The standard InChI is InChI=1S/C24H22N4O4/c1-14-26-27-24(32-14)16-9-10-21(31-2)19(11-16)25-22(29)13-28-12-18(23(30)15-7-8-15)17-5-3-4-6-20(17)28/h3-6,9-12,15H,7-8,13H2,1-2H3,(H,25,29). The van der Waals surface area contributed by atoms with E-state index in [9.17, 15) is 9.59 Å². The number of ketones is 1. The van der Waals surface area contributed by atoms with Gasteiger partial charge in [-0.1, -0.05) is 18.2 Å². The van der Waals surface area contributed by atoms with E-state index >= 15 is 0 Å². The highest BCUT2D eigenvalue weighted by atomic mass is 16.5. The number of amides is 1. The van der Waals surface area contributed by atoms with E-state index in [0.29, 0.717) is 34.3 Å². The van der Waals surface area contributed by atoms with Crippen molar-refractivity contribution in [3.8, 4) is 17.2 Å². The lowest BCUT2D eigenvalue weighted by Gasteiger charge is -2.12. The number of Topliss-reactive ketones (excluding diaryl/α,β-unsaturated/α-hetero) is 1. The first-order valence-electron chi connectivity index (χ1n) is 10.4. The molecule has 0 bridgehead atoms. The Kier molecular flexibility index (Phi) is 4.97. The Bertz CT molecular complexity index is 1330. The predicted molar refractivity (Wildman–Crippen MR) is 119 cm³/mol. The fourth-order valence-electron chi connectivity index (χ4n) is 3.84. The number of fused-ring (bicyclic) bond motifs is 1. The van der Waals surface area contributed by atoms with Crippen LogP contribution in [-0.2, 0) is 11.3 Å². The Balaban J connectivity index is 1.41. The highest BCUT2D eigenvalue weighted by Crippen LogP contribution is 2.35. The molecule has 2 aromatic heterocycles. The average Bonchev–Trinajstić information content (AvgIpc) is 3.47. The number of ether oxygens (including phenoxy) is 1. The number of hydrogen-bond acceptors (Lipinski definition) is 6. The van der Waals surface area contributed by atoms with Crippen molar-refractivity contribution in [2.45, 2.75) is 26.3 Å². The van der Waals surface area contributed by atoms with Crippen LogP contribution in [0.3, 0.4) is 0 Å². The number of nitrogens with one attached hydrogen (secondary N) is 1. The summed E-state index contributed by atoms with van der Waals surface area (Å²) in [6.07, 6.45) is 3.67. The molecule has 0 unspecified atom stereocenters. The minimum atomic E-state index is -0.242. The molecular formula is C24H22N4O4. The van der Waals surface area contributed by atoms with Crippen molar-refractivity contribution in [3.05, 3.63) is 60.1 Å². The molecule has 1 aliphatic carbocycles. The molecule has 0 atom stereocenters. The fraction of sp³-hybridized carbons (Fsp3) is 0.250. The van der Waals surface area contributed by atoms with E-state index < -0.39 is 0 Å². The van der Waals surface area contributed by atoms with Crippen LogP contribution >= 0.6 is 0 Å². The second-order valence-corrected chi connectivity index (χ2v) is 7.92. The zero-order chi connectivity index (χ0) is 22.2. The summed E-state index contributed by atoms with van der Waals surface area (Å²) in [6.45, 7) is 1.78. The Labute approximate surface area is 184 Å². The number of carbonyl (C=O) groups is 2. The number of methoxy groups -OCH3 is 1. The third-order valence-corrected chi connectivity index (χ3v) is 5.56. The van der Waals surface area contributed by atoms with E-state index in [-0.39, 0.29) is 24.2 Å². The molecule has 4 aromatic rings. The summed E-state index contributed by atoms with van der Waals surface area (Å²) in [7, 11) is 1.54. The summed E-state index contributed by atoms with van der Waals surface area (Å²) in [5, 5.41) is 11.7. The molecule has 5 rings (SSSR count). The van der Waals surface area contributed by atoms with Crippen molar-refractivity contribution < 1.29 is 18.7 Å². The van der Waals surface area contributed by atoms with Crippen molar-refractivity contribution in [2.75, 3.05) is 12.4 Å². The van der Waals surface area contributed by atoms with Gasteiger partial charge < -0.3 is 19.0 Å². The number of para-hydroxylation sites is 1. The second-order valence-electron chi connectivity index (χ2n) is 7.92. The quantitative estimate of drug-likeness (QED) is 0.440. The van der Waals surface area contributed by atoms with Crippen molar-refractivity contribution in [1.82, 2.24) is 14.8 Å². The highest BCUT2D eigenvalue weighted by Gasteiger charge is 2.32. The summed E-state index contributed by atoms with van der Waals surface area (Å²) in [5.74, 6) is 1.36. The van der Waals surface area contributed by atoms with Gasteiger partial charge in [-0.05, 0) is 37.1 Å². The Morgan fingerprint density at radius 1 is 1.19 bits per heavy atom. The van der Waals surface area contributed by atoms with Gasteiger partial charge in [0.15, 0.2) is 5.78 Å². The van der Waals surface area contributed by atoms with Crippen LogP contribution < -0.4 is 10.1 Å². The maximum Gasteiger partial charge on any atom is 0.247 e. The van der Waals surface area contributed by atoms with Gasteiger partial charge in [0.25, 0.3) is 0 Å². The summed E-state index contributed by atoms with van der Waals surface area (Å²) in [6, 6.07) is 12.9. The Hall–Kier alpha value is -3.94. The van der Waals surface area contributed by atoms with Gasteiger partial charge in [0.2, 0.25) is 17.7 Å². The van der Waals surface area contributed by atoms with Crippen LogP contribution in [0.4, 0.5) is 5.69 Å². The number of aryl methyl sites for hydroxylation is 1. The number of benzene rings is 2. The largest absolute Gasteiger partial charge is 0.495 e. The summed E-state index contributed by atoms with van der Waals surface area (Å²) in [5.41, 5.74) is 2.71. The summed E-state index contributed by atoms with van der Waals surface area (Å²) in [4.78, 5) is 25.7. The summed E-state index contributed by atoms with van der Waals surface area (Å²) >= 11 is 0. The molecule has 0 aliphatic heterocycles. The lowest BCUT2D eigenvalue weighted by molar-refractivity contribution is -0.116. The lowest BCUT2D eigenvalue weighted by Crippen LogP contribution is -2.18. The highest BCUT2D eigenvalue weighted by molar-refractivity contribution is 6.10. The first kappa shape index (κ1) is 20.0. The molecule has 8 nitrogen and oxygen atoms in total. The van der Waals surface area contributed by atoms with E-state index in [2.05, 4.69) is 15.5 Å². The first-order chi connectivity index (χ1) is 15.5. The normalized spacial score (nSPS) is 13.3. The van der Waals surface area contributed by atoms with Gasteiger partial charge >= 0.3 is 0 Å². The smallest absolute Gasteiger partial charge is 0.247 e. The minimum absolute atomic E-state index is 0.0610. The zero-order valence-corrected chi connectivity index (χ0v) is 17.8. The Morgan fingerprint density at radius 3 is 2.72 bits per heavy atom. The van der Waals surface area contributed by atoms with Crippen LogP contribution in [-0.4, -0.2) is 33.6 Å². The van der Waals surface area contributed by atoms with Crippen LogP contribution in [0, 0.1) is 12.8 Å². The van der Waals surface area contributed by atoms with Gasteiger partial charge in [0.1, 0.15) is 12.3 Å². The van der Waals surface area contributed by atoms with E-state index in [4.69, 9.17) is 9.15 Å². The summed E-state index contributed by atoms with van der Waals surface area (Å²) < 4.78 is 12.7. The third kappa shape index (κ3) is 3.75. The van der Waals surface area contributed by atoms with Crippen molar-refractivity contribution in [1.29, 1.82) is 0 Å². The molecule has 8 heteroatoms. The van der Waals surface area contributed by atoms with Crippen molar-refractivity contribution >= 4 is 28.3 Å². The van der Waals surface area contributed by atoms with Gasteiger partial charge in [-0.25, -0.2) is 0 Å².